The number of nitrogens with zero attached hydrogens (tertiary/aromatic N) is 4. The van der Waals surface area contributed by atoms with Crippen LogP contribution in [0.25, 0.3) is 51.9 Å². The minimum atomic E-state index is -0.0997. The van der Waals surface area contributed by atoms with Gasteiger partial charge in [0.2, 0.25) is 0 Å². The van der Waals surface area contributed by atoms with Gasteiger partial charge in [-0.1, -0.05) is 58.4 Å². The summed E-state index contributed by atoms with van der Waals surface area (Å²) in [6.07, 6.45) is 19.7. The molecule has 4 aliphatic carbocycles. The largest absolute Gasteiger partial charge is 0.492 e. The van der Waals surface area contributed by atoms with Crippen molar-refractivity contribution in [2.75, 3.05) is 13.2 Å². The molecule has 2 saturated carbocycles. The molecular formula is C46H40N4O2S5. The number of thiophene rings is 5. The van der Waals surface area contributed by atoms with Crippen LogP contribution in [0.3, 0.4) is 0 Å². The first-order valence-corrected chi connectivity index (χ1v) is 24.0. The molecule has 4 aliphatic rings. The highest BCUT2D eigenvalue weighted by atomic mass is 32.1. The number of hydrogen-bond donors (Lipinski definition) is 0. The quantitative estimate of drug-likeness (QED) is 0.129. The molecule has 2 spiro atoms. The van der Waals surface area contributed by atoms with Gasteiger partial charge in [0.1, 0.15) is 46.9 Å². The molecule has 0 bridgehead atoms. The first kappa shape index (κ1) is 38.1. The van der Waals surface area contributed by atoms with Crippen molar-refractivity contribution in [3.05, 3.63) is 66.1 Å². The fraction of sp³-hybridized carbons (Fsp3) is 0.391. The summed E-state index contributed by atoms with van der Waals surface area (Å²) in [6, 6.07) is 14.5. The number of allylic oxidation sites excluding steroid dienone is 6. The van der Waals surface area contributed by atoms with E-state index in [0.717, 1.165) is 56.7 Å². The molecule has 9 rings (SSSR count). The molecule has 0 amide bonds. The van der Waals surface area contributed by atoms with E-state index in [1.165, 1.54) is 85.5 Å². The molecular weight excluding hydrogens is 801 g/mol. The second-order valence-corrected chi connectivity index (χ2v) is 20.7. The second kappa shape index (κ2) is 15.4. The van der Waals surface area contributed by atoms with E-state index in [-0.39, 0.29) is 22.0 Å². The summed E-state index contributed by atoms with van der Waals surface area (Å²) in [5.74, 6) is 1.69. The van der Waals surface area contributed by atoms with E-state index in [2.05, 4.69) is 44.2 Å². The number of rotatable bonds is 10. The molecule has 0 radical (unpaired) electrons. The first-order valence-electron chi connectivity index (χ1n) is 20.0. The van der Waals surface area contributed by atoms with Crippen LogP contribution in [0.2, 0.25) is 0 Å². The molecule has 0 unspecified atom stereocenters. The van der Waals surface area contributed by atoms with E-state index in [4.69, 9.17) is 9.47 Å². The van der Waals surface area contributed by atoms with Crippen molar-refractivity contribution in [1.29, 1.82) is 21.0 Å². The summed E-state index contributed by atoms with van der Waals surface area (Å²) in [4.78, 5) is 6.63. The Labute approximate surface area is 353 Å². The minimum Gasteiger partial charge on any atom is -0.492 e. The summed E-state index contributed by atoms with van der Waals surface area (Å²) >= 11 is 9.09. The van der Waals surface area contributed by atoms with E-state index in [1.807, 2.05) is 52.2 Å². The topological polar surface area (TPSA) is 114 Å². The Morgan fingerprint density at radius 2 is 1.19 bits per heavy atom. The molecule has 57 heavy (non-hydrogen) atoms. The van der Waals surface area contributed by atoms with Crippen molar-refractivity contribution in [2.24, 2.45) is 5.41 Å². The van der Waals surface area contributed by atoms with Crippen molar-refractivity contribution in [3.8, 4) is 45.5 Å². The van der Waals surface area contributed by atoms with Gasteiger partial charge in [-0.25, -0.2) is 0 Å². The Morgan fingerprint density at radius 3 is 1.77 bits per heavy atom. The molecule has 11 heteroatoms. The smallest absolute Gasteiger partial charge is 0.139 e. The van der Waals surface area contributed by atoms with Crippen LogP contribution < -0.4 is 9.47 Å². The molecule has 0 atom stereocenters. The van der Waals surface area contributed by atoms with E-state index in [1.54, 1.807) is 51.5 Å². The van der Waals surface area contributed by atoms with Gasteiger partial charge in [0.15, 0.2) is 0 Å². The highest BCUT2D eigenvalue weighted by Gasteiger charge is 2.57. The third kappa shape index (κ3) is 6.14. The summed E-state index contributed by atoms with van der Waals surface area (Å²) < 4.78 is 18.3. The van der Waals surface area contributed by atoms with E-state index in [0.29, 0.717) is 13.2 Å². The minimum absolute atomic E-state index is 0.00226. The summed E-state index contributed by atoms with van der Waals surface area (Å²) in [5, 5.41) is 38.1. The third-order valence-electron chi connectivity index (χ3n) is 12.0. The zero-order chi connectivity index (χ0) is 39.3. The average Bonchev–Trinajstić information content (AvgIpc) is 4.10. The van der Waals surface area contributed by atoms with Crippen LogP contribution in [-0.4, -0.2) is 13.2 Å². The van der Waals surface area contributed by atoms with Gasteiger partial charge in [0.25, 0.3) is 0 Å². The Balaban J connectivity index is 1.20. The van der Waals surface area contributed by atoms with Crippen molar-refractivity contribution in [2.45, 2.75) is 96.3 Å². The van der Waals surface area contributed by atoms with E-state index >= 15 is 0 Å². The molecule has 286 valence electrons. The van der Waals surface area contributed by atoms with Crippen LogP contribution in [0.5, 0.6) is 11.5 Å². The maximum absolute atomic E-state index is 9.61. The lowest BCUT2D eigenvalue weighted by molar-refractivity contribution is 0.315. The van der Waals surface area contributed by atoms with E-state index < -0.39 is 0 Å². The number of nitriles is 4. The Bertz CT molecular complexity index is 2700. The third-order valence-corrected chi connectivity index (χ3v) is 18.3. The van der Waals surface area contributed by atoms with Crippen LogP contribution in [0.1, 0.15) is 116 Å². The Hall–Kier alpha value is -4.46. The average molecular weight is 841 g/mol. The predicted molar refractivity (Wildman–Crippen MR) is 238 cm³/mol. The molecule has 0 aliphatic heterocycles. The standard InChI is InChI=1S/C46H40N4O2S5/c1-3-15-51-33-19-29(17-27(23-47)24-48)53-39(33)32-21-31-37(46(32)13-9-6-10-14-46)42-38(45(31)11-7-5-8-12-45)43-44(57-42)41-36(56-43)22-35(55-41)40-34(52-16-4-2)20-30(54-40)18-28(25-49)26-50/h17-22H,3-16H2,1-2H3. The lowest BCUT2D eigenvalue weighted by Crippen LogP contribution is -2.28. The molecule has 5 aromatic heterocycles. The van der Waals surface area contributed by atoms with Gasteiger partial charge in [-0.05, 0) is 91.2 Å². The van der Waals surface area contributed by atoms with Crippen LogP contribution in [0.4, 0.5) is 0 Å². The van der Waals surface area contributed by atoms with Crippen molar-refractivity contribution < 1.29 is 9.47 Å². The number of fused-ring (bicyclic) bond motifs is 9. The highest BCUT2D eigenvalue weighted by Crippen LogP contribution is 2.72. The summed E-state index contributed by atoms with van der Waals surface area (Å²) in [5.41, 5.74) is 6.24. The van der Waals surface area contributed by atoms with Gasteiger partial charge >= 0.3 is 0 Å². The van der Waals surface area contributed by atoms with Crippen molar-refractivity contribution in [3.63, 3.8) is 0 Å². The van der Waals surface area contributed by atoms with Gasteiger partial charge in [-0.2, -0.15) is 21.0 Å². The molecule has 0 N–H and O–H groups in total. The highest BCUT2D eigenvalue weighted by molar-refractivity contribution is 7.40. The fourth-order valence-electron chi connectivity index (χ4n) is 9.72. The van der Waals surface area contributed by atoms with Gasteiger partial charge in [0.05, 0.1) is 41.9 Å². The van der Waals surface area contributed by atoms with Crippen LogP contribution in [0, 0.1) is 50.7 Å². The molecule has 0 aromatic carbocycles. The SMILES string of the molecule is CCCOc1cc(C=C(C#N)C#N)sc1C1=CC2=C(c3sc4c(sc5cc(-c6sc(C=C(C#N)C#N)cc6OCCC)sc54)c3C23CCCCC3)C12CCCCC2. The van der Waals surface area contributed by atoms with Crippen molar-refractivity contribution >= 4 is 98.8 Å². The zero-order valence-corrected chi connectivity index (χ0v) is 36.1. The fourth-order valence-corrected chi connectivity index (χ4v) is 16.6. The maximum atomic E-state index is 9.61. The van der Waals surface area contributed by atoms with Crippen LogP contribution in [-0.2, 0) is 5.41 Å². The van der Waals surface area contributed by atoms with Gasteiger partial charge in [-0.15, -0.1) is 56.7 Å². The molecule has 6 nitrogen and oxygen atoms in total. The predicted octanol–water partition coefficient (Wildman–Crippen LogP) is 14.4. The van der Waals surface area contributed by atoms with Gasteiger partial charge < -0.3 is 9.47 Å². The maximum Gasteiger partial charge on any atom is 0.139 e. The normalized spacial score (nSPS) is 17.5. The number of hydrogen-bond acceptors (Lipinski definition) is 11. The van der Waals surface area contributed by atoms with E-state index in [9.17, 15) is 21.0 Å². The second-order valence-electron chi connectivity index (χ2n) is 15.4. The molecule has 2 fully saturated rings. The Kier molecular flexibility index (Phi) is 10.3. The molecule has 5 aromatic rings. The zero-order valence-electron chi connectivity index (χ0n) is 32.0. The molecule has 0 saturated heterocycles. The van der Waals surface area contributed by atoms with Gasteiger partial charge in [0, 0.05) is 30.2 Å². The van der Waals surface area contributed by atoms with Crippen LogP contribution >= 0.6 is 56.7 Å². The van der Waals surface area contributed by atoms with Gasteiger partial charge in [-0.3, -0.25) is 0 Å². The summed E-state index contributed by atoms with van der Waals surface area (Å²) in [6.45, 7) is 5.45. The Morgan fingerprint density at radius 1 is 0.632 bits per heavy atom. The number of ether oxygens (including phenoxy) is 2. The van der Waals surface area contributed by atoms with Crippen molar-refractivity contribution in [1.82, 2.24) is 0 Å². The monoisotopic (exact) mass is 840 g/mol. The summed E-state index contributed by atoms with van der Waals surface area (Å²) in [7, 11) is 0. The molecule has 5 heterocycles. The van der Waals surface area contributed by atoms with Crippen LogP contribution in [0.15, 0.2) is 41.0 Å². The lowest BCUT2D eigenvalue weighted by Gasteiger charge is -2.39. The lowest BCUT2D eigenvalue weighted by atomic mass is 9.66. The first-order chi connectivity index (χ1) is 27.9.